The van der Waals surface area contributed by atoms with Crippen LogP contribution in [0.1, 0.15) is 17.3 Å². The average Bonchev–Trinajstić information content (AvgIpc) is 2.42. The molecule has 2 aromatic carbocycles. The number of rotatable bonds is 4. The number of hydrogen-bond acceptors (Lipinski definition) is 3. The minimum absolute atomic E-state index is 0.0924. The van der Waals surface area contributed by atoms with Gasteiger partial charge in [-0.3, -0.25) is 4.79 Å². The summed E-state index contributed by atoms with van der Waals surface area (Å²) in [6, 6.07) is 9.01. The van der Waals surface area contributed by atoms with Gasteiger partial charge in [-0.1, -0.05) is 15.9 Å². The summed E-state index contributed by atoms with van der Waals surface area (Å²) in [5, 5.41) is 2.51. The van der Waals surface area contributed by atoms with E-state index in [2.05, 4.69) is 21.2 Å². The Morgan fingerprint density at radius 2 is 2.10 bits per heavy atom. The van der Waals surface area contributed by atoms with E-state index in [0.29, 0.717) is 28.1 Å². The maximum absolute atomic E-state index is 13.6. The summed E-state index contributed by atoms with van der Waals surface area (Å²) >= 11 is 3.23. The minimum Gasteiger partial charge on any atom is -0.494 e. The average molecular weight is 353 g/mol. The van der Waals surface area contributed by atoms with Gasteiger partial charge in [-0.2, -0.15) is 0 Å². The molecule has 0 aliphatic rings. The maximum Gasteiger partial charge on any atom is 0.255 e. The van der Waals surface area contributed by atoms with Crippen molar-refractivity contribution in [2.45, 2.75) is 6.92 Å². The summed E-state index contributed by atoms with van der Waals surface area (Å²) in [6.45, 7) is 2.30. The molecule has 4 nitrogen and oxygen atoms in total. The molecular formula is C15H14BrFN2O2. The number of hydrogen-bond donors (Lipinski definition) is 2. The van der Waals surface area contributed by atoms with E-state index >= 15 is 0 Å². The lowest BCUT2D eigenvalue weighted by Gasteiger charge is -2.10. The topological polar surface area (TPSA) is 64.3 Å². The minimum atomic E-state index is -0.513. The zero-order valence-corrected chi connectivity index (χ0v) is 12.9. The molecule has 0 atom stereocenters. The predicted molar refractivity (Wildman–Crippen MR) is 84.1 cm³/mol. The second kappa shape index (κ2) is 6.58. The van der Waals surface area contributed by atoms with Gasteiger partial charge in [0, 0.05) is 21.8 Å². The summed E-state index contributed by atoms with van der Waals surface area (Å²) in [6.07, 6.45) is 0. The molecular weight excluding hydrogens is 339 g/mol. The second-order valence-corrected chi connectivity index (χ2v) is 5.22. The van der Waals surface area contributed by atoms with Gasteiger partial charge < -0.3 is 15.8 Å². The van der Waals surface area contributed by atoms with Gasteiger partial charge in [0.05, 0.1) is 12.3 Å². The zero-order chi connectivity index (χ0) is 15.4. The van der Waals surface area contributed by atoms with Crippen LogP contribution in [0.5, 0.6) is 5.75 Å². The Labute approximate surface area is 130 Å². The molecule has 110 valence electrons. The van der Waals surface area contributed by atoms with Crippen molar-refractivity contribution < 1.29 is 13.9 Å². The fourth-order valence-electron chi connectivity index (χ4n) is 1.79. The molecule has 2 rings (SSSR count). The van der Waals surface area contributed by atoms with E-state index in [-0.39, 0.29) is 5.69 Å². The lowest BCUT2D eigenvalue weighted by Crippen LogP contribution is -2.13. The van der Waals surface area contributed by atoms with Crippen LogP contribution in [-0.2, 0) is 0 Å². The molecule has 0 aliphatic heterocycles. The van der Waals surface area contributed by atoms with Crippen LogP contribution in [0.4, 0.5) is 15.8 Å². The molecule has 0 saturated carbocycles. The molecule has 0 fully saturated rings. The van der Waals surface area contributed by atoms with Gasteiger partial charge in [0.25, 0.3) is 5.91 Å². The predicted octanol–water partition coefficient (Wildman–Crippen LogP) is 3.82. The first-order valence-electron chi connectivity index (χ1n) is 6.29. The van der Waals surface area contributed by atoms with Gasteiger partial charge in [0.15, 0.2) is 0 Å². The van der Waals surface area contributed by atoms with Gasteiger partial charge in [-0.15, -0.1) is 0 Å². The van der Waals surface area contributed by atoms with E-state index in [1.54, 1.807) is 18.2 Å². The van der Waals surface area contributed by atoms with Gasteiger partial charge in [0.2, 0.25) is 0 Å². The molecule has 0 saturated heterocycles. The Morgan fingerprint density at radius 3 is 2.81 bits per heavy atom. The molecule has 0 bridgehead atoms. The first kappa shape index (κ1) is 15.3. The van der Waals surface area contributed by atoms with Crippen LogP contribution < -0.4 is 15.8 Å². The van der Waals surface area contributed by atoms with Gasteiger partial charge in [-0.05, 0) is 37.3 Å². The largest absolute Gasteiger partial charge is 0.494 e. The summed E-state index contributed by atoms with van der Waals surface area (Å²) in [5.41, 5.74) is 6.53. The Kier molecular flexibility index (Phi) is 4.80. The Morgan fingerprint density at radius 1 is 1.33 bits per heavy atom. The number of anilines is 2. The standard InChI is InChI=1S/C15H14BrFN2O2/c1-2-21-12-6-9(5-11(18)8-12)15(20)19-14-7-10(16)3-4-13(14)17/h3-8H,2,18H2,1H3,(H,19,20). The van der Waals surface area contributed by atoms with Crippen molar-refractivity contribution in [2.75, 3.05) is 17.7 Å². The van der Waals surface area contributed by atoms with Crippen molar-refractivity contribution in [1.29, 1.82) is 0 Å². The number of nitrogens with one attached hydrogen (secondary N) is 1. The second-order valence-electron chi connectivity index (χ2n) is 4.30. The van der Waals surface area contributed by atoms with Crippen LogP contribution in [0.15, 0.2) is 40.9 Å². The Balaban J connectivity index is 2.25. The molecule has 2 aromatic rings. The molecule has 0 spiro atoms. The number of nitrogen functional groups attached to an aromatic ring is 1. The summed E-state index contributed by atoms with van der Waals surface area (Å²) in [7, 11) is 0. The molecule has 6 heteroatoms. The fourth-order valence-corrected chi connectivity index (χ4v) is 2.15. The number of carbonyl (C=O) groups is 1. The van der Waals surface area contributed by atoms with Crippen molar-refractivity contribution >= 4 is 33.2 Å². The molecule has 1 amide bonds. The molecule has 3 N–H and O–H groups in total. The third-order valence-electron chi connectivity index (χ3n) is 2.68. The molecule has 0 heterocycles. The first-order chi connectivity index (χ1) is 9.99. The molecule has 0 radical (unpaired) electrons. The number of carbonyl (C=O) groups excluding carboxylic acids is 1. The van der Waals surface area contributed by atoms with Crippen molar-refractivity contribution in [3.05, 3.63) is 52.3 Å². The smallest absolute Gasteiger partial charge is 0.255 e. The van der Waals surface area contributed by atoms with E-state index in [0.717, 1.165) is 0 Å². The summed E-state index contributed by atoms with van der Waals surface area (Å²) in [5.74, 6) is -0.474. The molecule has 21 heavy (non-hydrogen) atoms. The van der Waals surface area contributed by atoms with E-state index < -0.39 is 11.7 Å². The number of benzene rings is 2. The van der Waals surface area contributed by atoms with Crippen LogP contribution in [0.2, 0.25) is 0 Å². The monoisotopic (exact) mass is 352 g/mol. The maximum atomic E-state index is 13.6. The van der Waals surface area contributed by atoms with Crippen LogP contribution in [0.3, 0.4) is 0 Å². The highest BCUT2D eigenvalue weighted by Gasteiger charge is 2.12. The van der Waals surface area contributed by atoms with Crippen molar-refractivity contribution in [3.8, 4) is 5.75 Å². The van der Waals surface area contributed by atoms with E-state index in [9.17, 15) is 9.18 Å². The highest BCUT2D eigenvalue weighted by atomic mass is 79.9. The van der Waals surface area contributed by atoms with Gasteiger partial charge >= 0.3 is 0 Å². The zero-order valence-electron chi connectivity index (χ0n) is 11.3. The first-order valence-corrected chi connectivity index (χ1v) is 7.08. The molecule has 0 aromatic heterocycles. The van der Waals surface area contributed by atoms with Crippen molar-refractivity contribution in [1.82, 2.24) is 0 Å². The normalized spacial score (nSPS) is 10.2. The third kappa shape index (κ3) is 3.95. The number of nitrogens with two attached hydrogens (primary N) is 1. The summed E-state index contributed by atoms with van der Waals surface area (Å²) < 4.78 is 19.6. The van der Waals surface area contributed by atoms with E-state index in [1.807, 2.05) is 6.92 Å². The molecule has 0 unspecified atom stereocenters. The molecule has 0 aliphatic carbocycles. The van der Waals surface area contributed by atoms with Crippen LogP contribution in [0, 0.1) is 5.82 Å². The highest BCUT2D eigenvalue weighted by molar-refractivity contribution is 9.10. The highest BCUT2D eigenvalue weighted by Crippen LogP contribution is 2.23. The lowest BCUT2D eigenvalue weighted by molar-refractivity contribution is 0.102. The Bertz CT molecular complexity index is 677. The van der Waals surface area contributed by atoms with Crippen LogP contribution in [-0.4, -0.2) is 12.5 Å². The summed E-state index contributed by atoms with van der Waals surface area (Å²) in [4.78, 5) is 12.2. The van der Waals surface area contributed by atoms with Gasteiger partial charge in [-0.25, -0.2) is 4.39 Å². The Hall–Kier alpha value is -2.08. The van der Waals surface area contributed by atoms with E-state index in [1.165, 1.54) is 18.2 Å². The van der Waals surface area contributed by atoms with Crippen molar-refractivity contribution in [3.63, 3.8) is 0 Å². The number of halogens is 2. The third-order valence-corrected chi connectivity index (χ3v) is 3.17. The van der Waals surface area contributed by atoms with Crippen molar-refractivity contribution in [2.24, 2.45) is 0 Å². The van der Waals surface area contributed by atoms with Gasteiger partial charge in [0.1, 0.15) is 11.6 Å². The van der Waals surface area contributed by atoms with Crippen LogP contribution in [0.25, 0.3) is 0 Å². The quantitative estimate of drug-likeness (QED) is 0.822. The fraction of sp³-hybridized carbons (Fsp3) is 0.133. The number of ether oxygens (including phenoxy) is 1. The van der Waals surface area contributed by atoms with Crippen LogP contribution >= 0.6 is 15.9 Å². The van der Waals surface area contributed by atoms with E-state index in [4.69, 9.17) is 10.5 Å². The number of amides is 1. The SMILES string of the molecule is CCOc1cc(N)cc(C(=O)Nc2cc(Br)ccc2F)c1. The lowest BCUT2D eigenvalue weighted by atomic mass is 10.1.